The molecule has 100 valence electrons. The lowest BCUT2D eigenvalue weighted by Gasteiger charge is -2.16. The molecular formula is C14H11ClF3N. The van der Waals surface area contributed by atoms with Crippen molar-refractivity contribution in [3.8, 4) is 0 Å². The van der Waals surface area contributed by atoms with E-state index in [1.165, 1.54) is 6.07 Å². The van der Waals surface area contributed by atoms with Crippen LogP contribution in [0.4, 0.5) is 13.2 Å². The smallest absolute Gasteiger partial charge is 0.320 e. The molecule has 19 heavy (non-hydrogen) atoms. The molecule has 2 N–H and O–H groups in total. The summed E-state index contributed by atoms with van der Waals surface area (Å²) in [5.41, 5.74) is 6.20. The van der Waals surface area contributed by atoms with E-state index in [9.17, 15) is 13.2 Å². The fourth-order valence-electron chi connectivity index (χ4n) is 1.80. The second-order valence-electron chi connectivity index (χ2n) is 4.12. The highest BCUT2D eigenvalue weighted by atomic mass is 35.5. The van der Waals surface area contributed by atoms with Crippen LogP contribution >= 0.6 is 11.6 Å². The molecular weight excluding hydrogens is 275 g/mol. The molecule has 0 amide bonds. The number of alkyl halides is 3. The van der Waals surface area contributed by atoms with Crippen molar-refractivity contribution in [2.45, 2.75) is 12.2 Å². The lowest BCUT2D eigenvalue weighted by Crippen LogP contribution is -2.14. The van der Waals surface area contributed by atoms with Gasteiger partial charge in [0, 0.05) is 5.02 Å². The third-order valence-corrected chi connectivity index (χ3v) is 3.16. The van der Waals surface area contributed by atoms with E-state index in [1.54, 1.807) is 24.3 Å². The first-order chi connectivity index (χ1) is 8.89. The van der Waals surface area contributed by atoms with Gasteiger partial charge in [-0.05, 0) is 29.3 Å². The maximum absolute atomic E-state index is 12.7. The van der Waals surface area contributed by atoms with Gasteiger partial charge in [0.2, 0.25) is 0 Å². The molecule has 0 aliphatic rings. The lowest BCUT2D eigenvalue weighted by molar-refractivity contribution is -0.137. The quantitative estimate of drug-likeness (QED) is 0.869. The van der Waals surface area contributed by atoms with Gasteiger partial charge >= 0.3 is 6.18 Å². The first-order valence-corrected chi connectivity index (χ1v) is 5.94. The van der Waals surface area contributed by atoms with Crippen LogP contribution in [-0.4, -0.2) is 0 Å². The average Bonchev–Trinajstić information content (AvgIpc) is 2.38. The van der Waals surface area contributed by atoms with Crippen LogP contribution in [0, 0.1) is 0 Å². The zero-order chi connectivity index (χ0) is 14.0. The maximum Gasteiger partial charge on any atom is 0.416 e. The van der Waals surface area contributed by atoms with Gasteiger partial charge in [0.25, 0.3) is 0 Å². The molecule has 1 atom stereocenters. The minimum absolute atomic E-state index is 0.226. The van der Waals surface area contributed by atoms with Crippen LogP contribution in [0.2, 0.25) is 5.02 Å². The average molecular weight is 286 g/mol. The summed E-state index contributed by atoms with van der Waals surface area (Å²) in [6, 6.07) is 11.3. The Hall–Kier alpha value is -1.52. The number of benzene rings is 2. The van der Waals surface area contributed by atoms with Gasteiger partial charge in [0.1, 0.15) is 0 Å². The number of hydrogen-bond acceptors (Lipinski definition) is 1. The van der Waals surface area contributed by atoms with Gasteiger partial charge < -0.3 is 5.73 Å². The van der Waals surface area contributed by atoms with E-state index in [0.717, 1.165) is 12.1 Å². The minimum atomic E-state index is -4.41. The number of rotatable bonds is 2. The van der Waals surface area contributed by atoms with Crippen molar-refractivity contribution in [1.82, 2.24) is 0 Å². The predicted molar refractivity (Wildman–Crippen MR) is 68.9 cm³/mol. The molecule has 2 aromatic carbocycles. The minimum Gasteiger partial charge on any atom is -0.320 e. The summed E-state index contributed by atoms with van der Waals surface area (Å²) in [7, 11) is 0. The van der Waals surface area contributed by atoms with Crippen molar-refractivity contribution < 1.29 is 13.2 Å². The summed E-state index contributed by atoms with van der Waals surface area (Å²) in [4.78, 5) is 0. The molecule has 0 heterocycles. The van der Waals surface area contributed by atoms with Crippen molar-refractivity contribution >= 4 is 11.6 Å². The first kappa shape index (κ1) is 13.9. The molecule has 2 rings (SSSR count). The van der Waals surface area contributed by atoms with Gasteiger partial charge in [-0.15, -0.1) is 0 Å². The molecule has 0 fully saturated rings. The Morgan fingerprint density at radius 1 is 1.00 bits per heavy atom. The highest BCUT2D eigenvalue weighted by Crippen LogP contribution is 2.34. The number of hydrogen-bond donors (Lipinski definition) is 1. The summed E-state index contributed by atoms with van der Waals surface area (Å²) in [6.45, 7) is 0. The van der Waals surface area contributed by atoms with E-state index in [2.05, 4.69) is 0 Å². The first-order valence-electron chi connectivity index (χ1n) is 5.57. The van der Waals surface area contributed by atoms with Crippen molar-refractivity contribution in [2.75, 3.05) is 0 Å². The monoisotopic (exact) mass is 285 g/mol. The Morgan fingerprint density at radius 2 is 1.63 bits per heavy atom. The molecule has 0 spiro atoms. The van der Waals surface area contributed by atoms with Gasteiger partial charge in [-0.2, -0.15) is 13.2 Å². The molecule has 0 aliphatic carbocycles. The Kier molecular flexibility index (Phi) is 3.83. The van der Waals surface area contributed by atoms with Crippen LogP contribution in [0.3, 0.4) is 0 Å². The van der Waals surface area contributed by atoms with E-state index in [1.807, 2.05) is 6.07 Å². The summed E-state index contributed by atoms with van der Waals surface area (Å²) >= 11 is 5.94. The van der Waals surface area contributed by atoms with E-state index < -0.39 is 17.8 Å². The van der Waals surface area contributed by atoms with Crippen LogP contribution in [-0.2, 0) is 6.18 Å². The van der Waals surface area contributed by atoms with E-state index in [-0.39, 0.29) is 10.6 Å². The molecule has 5 heteroatoms. The Balaban J connectivity index is 2.45. The van der Waals surface area contributed by atoms with Crippen molar-refractivity contribution in [3.05, 3.63) is 70.2 Å². The van der Waals surface area contributed by atoms with Crippen molar-refractivity contribution in [2.24, 2.45) is 5.73 Å². The summed E-state index contributed by atoms with van der Waals surface area (Å²) in [5.74, 6) is 0. The largest absolute Gasteiger partial charge is 0.416 e. The molecule has 0 unspecified atom stereocenters. The molecule has 1 nitrogen and oxygen atoms in total. The molecule has 0 bridgehead atoms. The molecule has 2 aromatic rings. The van der Waals surface area contributed by atoms with Crippen LogP contribution in [0.5, 0.6) is 0 Å². The lowest BCUT2D eigenvalue weighted by atomic mass is 9.98. The van der Waals surface area contributed by atoms with Crippen LogP contribution in [0.25, 0.3) is 0 Å². The molecule has 0 saturated heterocycles. The third kappa shape index (κ3) is 3.08. The number of nitrogens with two attached hydrogens (primary N) is 1. The SMILES string of the molecule is N[C@H](c1ccccc1)c1cc(C(F)(F)F)ccc1Cl. The second-order valence-corrected chi connectivity index (χ2v) is 4.53. The fraction of sp³-hybridized carbons (Fsp3) is 0.143. The summed E-state index contributed by atoms with van der Waals surface area (Å²) in [5, 5.41) is 0.226. The van der Waals surface area contributed by atoms with Crippen LogP contribution < -0.4 is 5.73 Å². The predicted octanol–water partition coefficient (Wildman–Crippen LogP) is 4.41. The Labute approximate surface area is 113 Å². The standard InChI is InChI=1S/C14H11ClF3N/c15-12-7-6-10(14(16,17)18)8-11(12)13(19)9-4-2-1-3-5-9/h1-8,13H,19H2/t13-/m1/s1. The van der Waals surface area contributed by atoms with E-state index in [4.69, 9.17) is 17.3 Å². The zero-order valence-corrected chi connectivity index (χ0v) is 10.5. The number of halogens is 4. The Bertz CT molecular complexity index is 567. The van der Waals surface area contributed by atoms with Crippen molar-refractivity contribution in [3.63, 3.8) is 0 Å². The molecule has 0 aromatic heterocycles. The van der Waals surface area contributed by atoms with Crippen molar-refractivity contribution in [1.29, 1.82) is 0 Å². The van der Waals surface area contributed by atoms with Gasteiger partial charge in [-0.25, -0.2) is 0 Å². The topological polar surface area (TPSA) is 26.0 Å². The van der Waals surface area contributed by atoms with Gasteiger partial charge in [0.05, 0.1) is 11.6 Å². The normalized spacial score (nSPS) is 13.3. The summed E-state index contributed by atoms with van der Waals surface area (Å²) in [6.07, 6.45) is -4.41. The zero-order valence-electron chi connectivity index (χ0n) is 9.79. The maximum atomic E-state index is 12.7. The van der Waals surface area contributed by atoms with Crippen LogP contribution in [0.1, 0.15) is 22.7 Å². The van der Waals surface area contributed by atoms with E-state index in [0.29, 0.717) is 5.56 Å². The van der Waals surface area contributed by atoms with Gasteiger partial charge in [-0.3, -0.25) is 0 Å². The second kappa shape index (κ2) is 5.23. The van der Waals surface area contributed by atoms with Crippen LogP contribution in [0.15, 0.2) is 48.5 Å². The molecule has 0 saturated carbocycles. The fourth-order valence-corrected chi connectivity index (χ4v) is 2.03. The summed E-state index contributed by atoms with van der Waals surface area (Å²) < 4.78 is 38.0. The molecule has 0 radical (unpaired) electrons. The van der Waals surface area contributed by atoms with Gasteiger partial charge in [-0.1, -0.05) is 41.9 Å². The van der Waals surface area contributed by atoms with Gasteiger partial charge in [0.15, 0.2) is 0 Å². The highest BCUT2D eigenvalue weighted by molar-refractivity contribution is 6.31. The highest BCUT2D eigenvalue weighted by Gasteiger charge is 2.31. The Morgan fingerprint density at radius 3 is 2.21 bits per heavy atom. The molecule has 0 aliphatic heterocycles. The van der Waals surface area contributed by atoms with E-state index >= 15 is 0 Å². The third-order valence-electron chi connectivity index (χ3n) is 2.82.